The number of esters is 2. The summed E-state index contributed by atoms with van der Waals surface area (Å²) in [4.78, 5) is 26.6. The molecule has 0 unspecified atom stereocenters. The van der Waals surface area contributed by atoms with Crippen LogP contribution in [-0.2, 0) is 9.47 Å². The Labute approximate surface area is 234 Å². The minimum absolute atomic E-state index is 0.0319. The number of benzene rings is 4. The van der Waals surface area contributed by atoms with Gasteiger partial charge in [0.1, 0.15) is 22.8 Å². The maximum absolute atomic E-state index is 13.4. The molecule has 7 nitrogen and oxygen atoms in total. The summed E-state index contributed by atoms with van der Waals surface area (Å²) in [5, 5.41) is 0. The zero-order valence-electron chi connectivity index (χ0n) is 23.3. The lowest BCUT2D eigenvalue weighted by atomic mass is 10.0. The van der Waals surface area contributed by atoms with E-state index in [1.165, 1.54) is 6.07 Å². The van der Waals surface area contributed by atoms with Crippen molar-refractivity contribution < 1.29 is 33.3 Å². The Morgan fingerprint density at radius 3 is 1.40 bits per heavy atom. The van der Waals surface area contributed by atoms with Gasteiger partial charge in [-0.1, -0.05) is 53.1 Å². The van der Waals surface area contributed by atoms with Crippen molar-refractivity contribution >= 4 is 11.9 Å². The summed E-state index contributed by atoms with van der Waals surface area (Å²) in [6.07, 6.45) is 0. The van der Waals surface area contributed by atoms with Gasteiger partial charge in [0.2, 0.25) is 5.75 Å². The van der Waals surface area contributed by atoms with Gasteiger partial charge in [-0.15, -0.1) is 0 Å². The Balaban J connectivity index is 2.00. The Morgan fingerprint density at radius 2 is 0.950 bits per heavy atom. The molecule has 0 amide bonds. The fourth-order valence-electron chi connectivity index (χ4n) is 3.84. The van der Waals surface area contributed by atoms with Crippen LogP contribution in [0.25, 0.3) is 0 Å². The molecule has 206 valence electrons. The summed E-state index contributed by atoms with van der Waals surface area (Å²) in [6.45, 7) is 9.44. The third-order valence-corrected chi connectivity index (χ3v) is 5.91. The maximum Gasteiger partial charge on any atom is 0.342 e. The highest BCUT2D eigenvalue weighted by atomic mass is 16.6. The van der Waals surface area contributed by atoms with E-state index in [-0.39, 0.29) is 41.6 Å². The molecule has 0 radical (unpaired) electrons. The molecule has 0 fully saturated rings. The minimum Gasteiger partial charge on any atom is -0.462 e. The smallest absolute Gasteiger partial charge is 0.342 e. The normalized spacial score (nSPS) is 10.5. The molecular weight excluding hydrogens is 508 g/mol. The monoisotopic (exact) mass is 540 g/mol. The zero-order valence-corrected chi connectivity index (χ0v) is 23.3. The molecule has 4 aromatic rings. The summed E-state index contributed by atoms with van der Waals surface area (Å²) >= 11 is 0. The summed E-state index contributed by atoms with van der Waals surface area (Å²) in [5.41, 5.74) is 2.93. The molecule has 0 aliphatic carbocycles. The van der Waals surface area contributed by atoms with Crippen LogP contribution in [0.2, 0.25) is 0 Å². The Hall–Kier alpha value is -4.78. The van der Waals surface area contributed by atoms with Crippen LogP contribution in [0.3, 0.4) is 0 Å². The van der Waals surface area contributed by atoms with Crippen LogP contribution in [0.5, 0.6) is 34.5 Å². The zero-order chi connectivity index (χ0) is 28.6. The van der Waals surface area contributed by atoms with Gasteiger partial charge in [0, 0.05) is 6.07 Å². The van der Waals surface area contributed by atoms with Gasteiger partial charge in [0.05, 0.1) is 18.8 Å². The second-order valence-electron chi connectivity index (χ2n) is 9.14. The Kier molecular flexibility index (Phi) is 9.07. The number of carbonyl (C=O) groups is 2. The van der Waals surface area contributed by atoms with E-state index in [1.54, 1.807) is 50.2 Å². The Bertz CT molecular complexity index is 1470. The van der Waals surface area contributed by atoms with Crippen molar-refractivity contribution in [2.45, 2.75) is 34.6 Å². The first-order chi connectivity index (χ1) is 19.3. The fraction of sp³-hybridized carbons (Fsp3) is 0.212. The van der Waals surface area contributed by atoms with E-state index in [0.717, 1.165) is 16.7 Å². The van der Waals surface area contributed by atoms with Gasteiger partial charge in [-0.05, 0) is 71.0 Å². The lowest BCUT2D eigenvalue weighted by Crippen LogP contribution is -2.16. The van der Waals surface area contributed by atoms with Gasteiger partial charge in [0.25, 0.3) is 0 Å². The first-order valence-electron chi connectivity index (χ1n) is 13.1. The molecule has 0 aliphatic rings. The van der Waals surface area contributed by atoms with Crippen LogP contribution in [0.4, 0.5) is 0 Å². The Morgan fingerprint density at radius 1 is 0.550 bits per heavy atom. The molecule has 7 heteroatoms. The first-order valence-corrected chi connectivity index (χ1v) is 13.1. The average Bonchev–Trinajstić information content (AvgIpc) is 2.94. The van der Waals surface area contributed by atoms with Crippen LogP contribution < -0.4 is 14.2 Å². The molecule has 0 saturated heterocycles. The van der Waals surface area contributed by atoms with Gasteiger partial charge in [-0.25, -0.2) is 9.59 Å². The lowest BCUT2D eigenvalue weighted by Gasteiger charge is -2.21. The van der Waals surface area contributed by atoms with E-state index in [9.17, 15) is 9.59 Å². The number of rotatable bonds is 10. The van der Waals surface area contributed by atoms with Crippen molar-refractivity contribution in [3.63, 3.8) is 0 Å². The van der Waals surface area contributed by atoms with Gasteiger partial charge in [-0.2, -0.15) is 0 Å². The largest absolute Gasteiger partial charge is 0.462 e. The number of hydrogen-bond acceptors (Lipinski definition) is 7. The predicted octanol–water partition coefficient (Wildman–Crippen LogP) is 8.34. The van der Waals surface area contributed by atoms with E-state index in [4.69, 9.17) is 23.7 Å². The molecule has 4 rings (SSSR count). The summed E-state index contributed by atoms with van der Waals surface area (Å²) in [6, 6.07) is 23.5. The summed E-state index contributed by atoms with van der Waals surface area (Å²) < 4.78 is 29.6. The summed E-state index contributed by atoms with van der Waals surface area (Å²) in [7, 11) is 0. The number of carbonyl (C=O) groups excluding carboxylic acids is 2. The van der Waals surface area contributed by atoms with Crippen molar-refractivity contribution in [1.82, 2.24) is 0 Å². The van der Waals surface area contributed by atoms with Gasteiger partial charge < -0.3 is 23.7 Å². The van der Waals surface area contributed by atoms with Crippen LogP contribution in [0, 0.1) is 20.8 Å². The van der Waals surface area contributed by atoms with Crippen LogP contribution in [-0.4, -0.2) is 25.2 Å². The maximum atomic E-state index is 13.4. The molecule has 0 saturated carbocycles. The topological polar surface area (TPSA) is 80.3 Å². The molecule has 0 bridgehead atoms. The van der Waals surface area contributed by atoms with E-state index in [0.29, 0.717) is 17.2 Å². The van der Waals surface area contributed by atoms with Crippen LogP contribution in [0.1, 0.15) is 51.3 Å². The molecule has 0 heterocycles. The molecular formula is C33H32O7. The van der Waals surface area contributed by atoms with Gasteiger partial charge in [0.15, 0.2) is 11.5 Å². The number of aryl methyl sites for hydroxylation is 3. The molecule has 0 atom stereocenters. The quantitative estimate of drug-likeness (QED) is 0.187. The molecule has 0 spiro atoms. The number of ether oxygens (including phenoxy) is 5. The highest BCUT2D eigenvalue weighted by Crippen LogP contribution is 2.48. The third-order valence-electron chi connectivity index (χ3n) is 5.91. The van der Waals surface area contributed by atoms with E-state index >= 15 is 0 Å². The predicted molar refractivity (Wildman–Crippen MR) is 152 cm³/mol. The van der Waals surface area contributed by atoms with Crippen molar-refractivity contribution in [1.29, 1.82) is 0 Å². The van der Waals surface area contributed by atoms with E-state index in [1.807, 2.05) is 57.2 Å². The molecule has 40 heavy (non-hydrogen) atoms. The van der Waals surface area contributed by atoms with Crippen LogP contribution in [0.15, 0.2) is 78.9 Å². The molecule has 0 N–H and O–H groups in total. The van der Waals surface area contributed by atoms with E-state index < -0.39 is 11.9 Å². The highest BCUT2D eigenvalue weighted by molar-refractivity contribution is 6.06. The van der Waals surface area contributed by atoms with Crippen molar-refractivity contribution in [2.24, 2.45) is 0 Å². The van der Waals surface area contributed by atoms with Gasteiger partial charge in [-0.3, -0.25) is 0 Å². The second-order valence-corrected chi connectivity index (χ2v) is 9.14. The van der Waals surface area contributed by atoms with E-state index in [2.05, 4.69) is 0 Å². The SMILES string of the molecule is CCOC(=O)c1cc(Oc2ccc(C)cc2)c(Oc2ccc(C)cc2)c(Oc2ccc(C)cc2)c1C(=O)OCC. The first kappa shape index (κ1) is 28.2. The number of hydrogen-bond donors (Lipinski definition) is 0. The average molecular weight is 541 g/mol. The second kappa shape index (κ2) is 12.8. The van der Waals surface area contributed by atoms with Crippen molar-refractivity contribution in [3.8, 4) is 34.5 Å². The van der Waals surface area contributed by atoms with Gasteiger partial charge >= 0.3 is 11.9 Å². The molecule has 4 aromatic carbocycles. The van der Waals surface area contributed by atoms with Crippen molar-refractivity contribution in [2.75, 3.05) is 13.2 Å². The summed E-state index contributed by atoms with van der Waals surface area (Å²) in [5.74, 6) is 0.135. The van der Waals surface area contributed by atoms with Crippen molar-refractivity contribution in [3.05, 3.63) is 107 Å². The fourth-order valence-corrected chi connectivity index (χ4v) is 3.84. The molecule has 0 aromatic heterocycles. The molecule has 0 aliphatic heterocycles. The van der Waals surface area contributed by atoms with Crippen LogP contribution >= 0.6 is 0 Å². The lowest BCUT2D eigenvalue weighted by molar-refractivity contribution is 0.0475. The highest BCUT2D eigenvalue weighted by Gasteiger charge is 2.32. The standard InChI is InChI=1S/C33H32O7/c1-6-36-32(34)27-20-28(38-24-14-8-21(3)9-15-24)30(39-25-16-10-22(4)11-17-25)31(29(27)33(35)37-7-2)40-26-18-12-23(5)13-19-26/h8-20H,6-7H2,1-5H3. The minimum atomic E-state index is -0.761. The third kappa shape index (κ3) is 6.80.